The van der Waals surface area contributed by atoms with Gasteiger partial charge in [0.25, 0.3) is 5.91 Å². The van der Waals surface area contributed by atoms with Crippen LogP contribution in [0.5, 0.6) is 11.5 Å². The molecule has 0 fully saturated rings. The van der Waals surface area contributed by atoms with Gasteiger partial charge >= 0.3 is 0 Å². The normalized spacial score (nSPS) is 12.2. The van der Waals surface area contributed by atoms with E-state index in [1.165, 1.54) is 0 Å². The average Bonchev–Trinajstić information content (AvgIpc) is 3.50. The quantitative estimate of drug-likeness (QED) is 0.398. The summed E-state index contributed by atoms with van der Waals surface area (Å²) in [5, 5.41) is 15.3. The van der Waals surface area contributed by atoms with Crippen LogP contribution in [0.15, 0.2) is 48.7 Å². The molecule has 3 heterocycles. The number of rotatable bonds is 5. The minimum absolute atomic E-state index is 0.184. The fourth-order valence-corrected chi connectivity index (χ4v) is 3.94. The molecule has 162 valence electrons. The molecule has 11 heteroatoms. The molecule has 2 aromatic heterocycles. The molecule has 1 aliphatic heterocycles. The lowest BCUT2D eigenvalue weighted by Crippen LogP contribution is -2.13. The molecule has 4 aromatic rings. The van der Waals surface area contributed by atoms with E-state index in [9.17, 15) is 4.79 Å². The Bertz CT molecular complexity index is 1310. The molecule has 0 saturated carbocycles. The van der Waals surface area contributed by atoms with Crippen LogP contribution < -0.4 is 14.8 Å². The smallest absolute Gasteiger partial charge is 0.274 e. The number of nitrogens with one attached hydrogen (secondary N) is 2. The number of amides is 1. The number of carbonyl (C=O) groups is 1. The van der Waals surface area contributed by atoms with Crippen molar-refractivity contribution in [1.82, 2.24) is 20.0 Å². The van der Waals surface area contributed by atoms with Crippen LogP contribution >= 0.6 is 34.8 Å². The highest BCUT2D eigenvalue weighted by molar-refractivity contribution is 6.36. The summed E-state index contributed by atoms with van der Waals surface area (Å²) in [5.41, 5.74) is 2.31. The first-order chi connectivity index (χ1) is 15.5. The van der Waals surface area contributed by atoms with Gasteiger partial charge in [-0.1, -0.05) is 40.9 Å². The second-order valence-corrected chi connectivity index (χ2v) is 8.13. The summed E-state index contributed by atoms with van der Waals surface area (Å²) in [7, 11) is 0. The van der Waals surface area contributed by atoms with Gasteiger partial charge in [0.15, 0.2) is 17.3 Å². The summed E-state index contributed by atoms with van der Waals surface area (Å²) < 4.78 is 12.2. The van der Waals surface area contributed by atoms with Crippen LogP contribution in [-0.4, -0.2) is 32.7 Å². The van der Waals surface area contributed by atoms with Crippen molar-refractivity contribution in [2.45, 2.75) is 6.54 Å². The molecular formula is C21H14Cl3N5O3. The molecule has 1 amide bonds. The number of carbonyl (C=O) groups excluding carboxylic acids is 1. The van der Waals surface area contributed by atoms with Gasteiger partial charge in [0.2, 0.25) is 6.79 Å². The van der Waals surface area contributed by atoms with Crippen molar-refractivity contribution < 1.29 is 14.3 Å². The standard InChI is InChI=1S/C21H14Cl3N5O3/c22-13-2-1-3-14(23)12(13)8-29-9-15(24)20(28-29)25-21(30)17-7-16(26-27-17)11-4-5-18-19(6-11)32-10-31-18/h1-7,9H,8,10H2,(H,26,27)(H,25,28,30). The summed E-state index contributed by atoms with van der Waals surface area (Å²) in [6, 6.07) is 12.3. The first-order valence-electron chi connectivity index (χ1n) is 9.40. The molecule has 2 N–H and O–H groups in total. The first kappa shape index (κ1) is 20.7. The largest absolute Gasteiger partial charge is 0.454 e. The van der Waals surface area contributed by atoms with Gasteiger partial charge in [-0.25, -0.2) is 0 Å². The SMILES string of the molecule is O=C(Nc1nn(Cc2c(Cl)cccc2Cl)cc1Cl)c1cc(-c2ccc3c(c2)OCO3)n[nH]1. The summed E-state index contributed by atoms with van der Waals surface area (Å²) in [4.78, 5) is 12.7. The Labute approximate surface area is 197 Å². The minimum atomic E-state index is -0.438. The van der Waals surface area contributed by atoms with Crippen LogP contribution in [0.1, 0.15) is 16.1 Å². The summed E-state index contributed by atoms with van der Waals surface area (Å²) in [5.74, 6) is 1.07. The Kier molecular flexibility index (Phi) is 5.42. The highest BCUT2D eigenvalue weighted by Crippen LogP contribution is 2.35. The monoisotopic (exact) mass is 489 g/mol. The lowest BCUT2D eigenvalue weighted by molar-refractivity contribution is 0.102. The van der Waals surface area contributed by atoms with E-state index >= 15 is 0 Å². The van der Waals surface area contributed by atoms with Crippen LogP contribution in [-0.2, 0) is 6.54 Å². The Morgan fingerprint density at radius 1 is 1.06 bits per heavy atom. The van der Waals surface area contributed by atoms with Crippen LogP contribution in [0.2, 0.25) is 15.1 Å². The highest BCUT2D eigenvalue weighted by Gasteiger charge is 2.18. The highest BCUT2D eigenvalue weighted by atomic mass is 35.5. The van der Waals surface area contributed by atoms with Gasteiger partial charge in [0, 0.05) is 27.4 Å². The lowest BCUT2D eigenvalue weighted by Gasteiger charge is -2.06. The topological polar surface area (TPSA) is 94.1 Å². The molecule has 2 aromatic carbocycles. The van der Waals surface area contributed by atoms with Crippen molar-refractivity contribution in [3.8, 4) is 22.8 Å². The summed E-state index contributed by atoms with van der Waals surface area (Å²) in [6.07, 6.45) is 1.59. The van der Waals surface area contributed by atoms with Gasteiger partial charge in [0.1, 0.15) is 10.7 Å². The van der Waals surface area contributed by atoms with Crippen molar-refractivity contribution in [3.05, 3.63) is 75.0 Å². The second kappa shape index (κ2) is 8.38. The van der Waals surface area contributed by atoms with Gasteiger partial charge in [-0.2, -0.15) is 10.2 Å². The van der Waals surface area contributed by atoms with E-state index in [2.05, 4.69) is 20.6 Å². The first-order valence-corrected chi connectivity index (χ1v) is 10.5. The van der Waals surface area contributed by atoms with Crippen molar-refractivity contribution in [3.63, 3.8) is 0 Å². The summed E-state index contributed by atoms with van der Waals surface area (Å²) in [6.45, 7) is 0.482. The number of hydrogen-bond donors (Lipinski definition) is 2. The van der Waals surface area contributed by atoms with Gasteiger partial charge in [-0.15, -0.1) is 0 Å². The number of fused-ring (bicyclic) bond motifs is 1. The number of hydrogen-bond acceptors (Lipinski definition) is 5. The van der Waals surface area contributed by atoms with Crippen molar-refractivity contribution >= 4 is 46.5 Å². The number of nitrogens with zero attached hydrogens (tertiary/aromatic N) is 3. The minimum Gasteiger partial charge on any atom is -0.454 e. The molecule has 0 radical (unpaired) electrons. The molecule has 0 saturated heterocycles. The van der Waals surface area contributed by atoms with Gasteiger partial charge in [0.05, 0.1) is 12.2 Å². The number of ether oxygens (including phenoxy) is 2. The van der Waals surface area contributed by atoms with Crippen molar-refractivity contribution in [2.24, 2.45) is 0 Å². The van der Waals surface area contributed by atoms with E-state index in [1.54, 1.807) is 47.3 Å². The molecule has 32 heavy (non-hydrogen) atoms. The number of H-pyrrole nitrogens is 1. The molecule has 8 nitrogen and oxygen atoms in total. The average molecular weight is 491 g/mol. The van der Waals surface area contributed by atoms with Gasteiger partial charge in [-0.05, 0) is 36.4 Å². The molecule has 0 atom stereocenters. The fraction of sp³-hybridized carbons (Fsp3) is 0.0952. The molecule has 5 rings (SSSR count). The third-order valence-electron chi connectivity index (χ3n) is 4.82. The zero-order chi connectivity index (χ0) is 22.2. The number of halogens is 3. The van der Waals surface area contributed by atoms with Crippen LogP contribution in [0, 0.1) is 0 Å². The van der Waals surface area contributed by atoms with Crippen LogP contribution in [0.25, 0.3) is 11.3 Å². The maximum absolute atomic E-state index is 12.7. The molecule has 0 bridgehead atoms. The van der Waals surface area contributed by atoms with Crippen LogP contribution in [0.3, 0.4) is 0 Å². The molecule has 1 aliphatic rings. The number of aromatic nitrogens is 4. The summed E-state index contributed by atoms with van der Waals surface area (Å²) >= 11 is 18.7. The molecule has 0 spiro atoms. The van der Waals surface area contributed by atoms with E-state index in [1.807, 2.05) is 6.07 Å². The zero-order valence-electron chi connectivity index (χ0n) is 16.2. The molecular weight excluding hydrogens is 477 g/mol. The van der Waals surface area contributed by atoms with Crippen molar-refractivity contribution in [2.75, 3.05) is 12.1 Å². The zero-order valence-corrected chi connectivity index (χ0v) is 18.5. The fourth-order valence-electron chi connectivity index (χ4n) is 3.22. The predicted molar refractivity (Wildman–Crippen MR) is 121 cm³/mol. The lowest BCUT2D eigenvalue weighted by atomic mass is 10.1. The van der Waals surface area contributed by atoms with Gasteiger partial charge in [-0.3, -0.25) is 14.6 Å². The van der Waals surface area contributed by atoms with E-state index in [-0.39, 0.29) is 23.3 Å². The molecule has 0 aliphatic carbocycles. The Morgan fingerprint density at radius 3 is 2.66 bits per heavy atom. The molecule has 0 unspecified atom stereocenters. The third kappa shape index (κ3) is 4.00. The van der Waals surface area contributed by atoms with Gasteiger partial charge < -0.3 is 14.8 Å². The van der Waals surface area contributed by atoms with Crippen molar-refractivity contribution in [1.29, 1.82) is 0 Å². The Hall–Kier alpha value is -3.20. The number of anilines is 1. The van der Waals surface area contributed by atoms with E-state index in [0.717, 1.165) is 5.56 Å². The van der Waals surface area contributed by atoms with E-state index < -0.39 is 5.91 Å². The predicted octanol–water partition coefficient (Wildman–Crippen LogP) is 5.26. The number of aromatic amines is 1. The van der Waals surface area contributed by atoms with Crippen LogP contribution in [0.4, 0.5) is 5.82 Å². The maximum Gasteiger partial charge on any atom is 0.274 e. The van der Waals surface area contributed by atoms with E-state index in [4.69, 9.17) is 44.3 Å². The number of benzene rings is 2. The maximum atomic E-state index is 12.7. The third-order valence-corrected chi connectivity index (χ3v) is 5.81. The Balaban J connectivity index is 1.32. The Morgan fingerprint density at radius 2 is 1.84 bits per heavy atom. The van der Waals surface area contributed by atoms with E-state index in [0.29, 0.717) is 39.3 Å². The second-order valence-electron chi connectivity index (χ2n) is 6.91.